The second-order valence-corrected chi connectivity index (χ2v) is 4.60. The molecule has 0 bridgehead atoms. The maximum absolute atomic E-state index is 5.86. The molecule has 1 aromatic carbocycles. The predicted octanol–water partition coefficient (Wildman–Crippen LogP) is 4.43. The molecule has 0 atom stereocenters. The summed E-state index contributed by atoms with van der Waals surface area (Å²) < 4.78 is 5.26. The van der Waals surface area contributed by atoms with Crippen LogP contribution in [0.2, 0.25) is 5.02 Å². The number of hydrogen-bond donors (Lipinski definition) is 0. The molecule has 0 radical (unpaired) electrons. The van der Waals surface area contributed by atoms with E-state index in [1.54, 1.807) is 0 Å². The summed E-state index contributed by atoms with van der Waals surface area (Å²) >= 11 is 5.86. The molecule has 0 aliphatic carbocycles. The van der Waals surface area contributed by atoms with E-state index in [-0.39, 0.29) is 0 Å². The Morgan fingerprint density at radius 3 is 2.38 bits per heavy atom. The fraction of sp³-hybridized carbons (Fsp3) is 0.308. The van der Waals surface area contributed by atoms with E-state index in [0.29, 0.717) is 5.92 Å². The van der Waals surface area contributed by atoms with Crippen LogP contribution in [0.4, 0.5) is 0 Å². The van der Waals surface area contributed by atoms with Crippen LogP contribution >= 0.6 is 11.6 Å². The number of rotatable bonds is 2. The Kier molecular flexibility index (Phi) is 3.01. The van der Waals surface area contributed by atoms with Crippen LogP contribution in [0.1, 0.15) is 31.1 Å². The molecule has 0 saturated heterocycles. The van der Waals surface area contributed by atoms with Crippen molar-refractivity contribution in [2.45, 2.75) is 26.7 Å². The maximum atomic E-state index is 5.86. The summed E-state index contributed by atoms with van der Waals surface area (Å²) in [5.74, 6) is 1.29. The van der Waals surface area contributed by atoms with Gasteiger partial charge in [-0.3, -0.25) is 0 Å². The minimum absolute atomic E-state index is 0.400. The average molecular weight is 236 g/mol. The highest BCUT2D eigenvalue weighted by Gasteiger charge is 2.17. The van der Waals surface area contributed by atoms with Gasteiger partial charge in [0.25, 0.3) is 0 Å². The number of halogens is 1. The summed E-state index contributed by atoms with van der Waals surface area (Å²) in [7, 11) is 0. The molecule has 2 nitrogen and oxygen atoms in total. The molecule has 0 fully saturated rings. The molecule has 0 unspecified atom stereocenters. The summed E-state index contributed by atoms with van der Waals surface area (Å²) in [6.45, 7) is 6.22. The summed E-state index contributed by atoms with van der Waals surface area (Å²) in [6, 6.07) is 7.66. The third kappa shape index (κ3) is 1.98. The van der Waals surface area contributed by atoms with Crippen molar-refractivity contribution in [3.63, 3.8) is 0 Å². The molecule has 3 heteroatoms. The fourth-order valence-corrected chi connectivity index (χ4v) is 2.00. The topological polar surface area (TPSA) is 26.0 Å². The molecule has 0 amide bonds. The second kappa shape index (κ2) is 4.30. The van der Waals surface area contributed by atoms with E-state index in [1.807, 2.05) is 31.2 Å². The highest BCUT2D eigenvalue weighted by atomic mass is 35.5. The Hall–Kier alpha value is -1.28. The van der Waals surface area contributed by atoms with Crippen LogP contribution in [0.5, 0.6) is 0 Å². The lowest BCUT2D eigenvalue weighted by molar-refractivity contribution is 0.397. The monoisotopic (exact) mass is 235 g/mol. The number of aryl methyl sites for hydroxylation is 1. The van der Waals surface area contributed by atoms with Gasteiger partial charge in [0, 0.05) is 16.1 Å². The Labute approximate surface area is 100 Å². The first kappa shape index (κ1) is 11.2. The molecule has 1 aromatic heterocycles. The van der Waals surface area contributed by atoms with Crippen LogP contribution in [-0.2, 0) is 0 Å². The Morgan fingerprint density at radius 2 is 1.81 bits per heavy atom. The molecule has 0 saturated carbocycles. The lowest BCUT2D eigenvalue weighted by Gasteiger charge is -2.05. The van der Waals surface area contributed by atoms with Gasteiger partial charge in [-0.2, -0.15) is 0 Å². The highest BCUT2D eigenvalue weighted by Crippen LogP contribution is 2.31. The van der Waals surface area contributed by atoms with Gasteiger partial charge < -0.3 is 4.52 Å². The van der Waals surface area contributed by atoms with Gasteiger partial charge in [0.2, 0.25) is 0 Å². The van der Waals surface area contributed by atoms with Crippen molar-refractivity contribution in [2.75, 3.05) is 0 Å². The van der Waals surface area contributed by atoms with Crippen molar-refractivity contribution in [3.8, 4) is 11.3 Å². The average Bonchev–Trinajstić information content (AvgIpc) is 2.61. The van der Waals surface area contributed by atoms with E-state index in [2.05, 4.69) is 19.0 Å². The van der Waals surface area contributed by atoms with E-state index >= 15 is 0 Å². The molecule has 0 N–H and O–H groups in total. The van der Waals surface area contributed by atoms with Crippen molar-refractivity contribution in [1.29, 1.82) is 0 Å². The van der Waals surface area contributed by atoms with Gasteiger partial charge in [0.05, 0.1) is 0 Å². The van der Waals surface area contributed by atoms with Crippen LogP contribution < -0.4 is 0 Å². The zero-order valence-corrected chi connectivity index (χ0v) is 10.4. The van der Waals surface area contributed by atoms with Crippen molar-refractivity contribution in [2.24, 2.45) is 0 Å². The molecular formula is C13H14ClNO. The van der Waals surface area contributed by atoms with Gasteiger partial charge in [-0.1, -0.05) is 42.7 Å². The number of hydrogen-bond acceptors (Lipinski definition) is 2. The maximum Gasteiger partial charge on any atom is 0.137 e. The normalized spacial score (nSPS) is 11.1. The molecule has 0 aliphatic rings. The quantitative estimate of drug-likeness (QED) is 0.770. The van der Waals surface area contributed by atoms with Gasteiger partial charge >= 0.3 is 0 Å². The van der Waals surface area contributed by atoms with Crippen LogP contribution in [0.15, 0.2) is 28.8 Å². The first-order valence-corrected chi connectivity index (χ1v) is 5.69. The lowest BCUT2D eigenvalue weighted by Crippen LogP contribution is -1.91. The van der Waals surface area contributed by atoms with Crippen LogP contribution in [0, 0.1) is 6.92 Å². The molecule has 0 spiro atoms. The molecule has 1 heterocycles. The Morgan fingerprint density at radius 1 is 1.19 bits per heavy atom. The zero-order chi connectivity index (χ0) is 11.7. The van der Waals surface area contributed by atoms with E-state index in [9.17, 15) is 0 Å². The van der Waals surface area contributed by atoms with Crippen LogP contribution in [-0.4, -0.2) is 5.16 Å². The lowest BCUT2D eigenvalue weighted by atomic mass is 9.97. The number of nitrogens with zero attached hydrogens (tertiary/aromatic N) is 1. The number of benzene rings is 1. The van der Waals surface area contributed by atoms with E-state index in [0.717, 1.165) is 22.0 Å². The van der Waals surface area contributed by atoms with Crippen LogP contribution in [0.3, 0.4) is 0 Å². The van der Waals surface area contributed by atoms with Gasteiger partial charge in [-0.15, -0.1) is 0 Å². The largest absolute Gasteiger partial charge is 0.361 e. The van der Waals surface area contributed by atoms with E-state index in [1.165, 1.54) is 5.56 Å². The summed E-state index contributed by atoms with van der Waals surface area (Å²) in [4.78, 5) is 0. The molecule has 2 aromatic rings. The third-order valence-electron chi connectivity index (χ3n) is 2.60. The van der Waals surface area contributed by atoms with Gasteiger partial charge in [-0.05, 0) is 25.0 Å². The fourth-order valence-electron chi connectivity index (χ4n) is 1.88. The molecular weight excluding hydrogens is 222 g/mol. The second-order valence-electron chi connectivity index (χ2n) is 4.16. The van der Waals surface area contributed by atoms with Crippen molar-refractivity contribution < 1.29 is 4.52 Å². The van der Waals surface area contributed by atoms with Gasteiger partial charge in [0.1, 0.15) is 11.5 Å². The Bertz CT molecular complexity index is 485. The Balaban J connectivity index is 2.52. The third-order valence-corrected chi connectivity index (χ3v) is 2.86. The van der Waals surface area contributed by atoms with Crippen molar-refractivity contribution in [3.05, 3.63) is 40.6 Å². The first-order valence-electron chi connectivity index (χ1n) is 5.31. The van der Waals surface area contributed by atoms with E-state index < -0.39 is 0 Å². The summed E-state index contributed by atoms with van der Waals surface area (Å²) in [5.41, 5.74) is 3.14. The smallest absolute Gasteiger partial charge is 0.137 e. The molecule has 84 valence electrons. The highest BCUT2D eigenvalue weighted by molar-refractivity contribution is 6.30. The molecule has 16 heavy (non-hydrogen) atoms. The van der Waals surface area contributed by atoms with Gasteiger partial charge in [-0.25, -0.2) is 0 Å². The van der Waals surface area contributed by atoms with Crippen molar-refractivity contribution in [1.82, 2.24) is 5.16 Å². The number of aromatic nitrogens is 1. The SMILES string of the molecule is Cc1onc(-c2ccc(Cl)cc2)c1C(C)C. The standard InChI is InChI=1S/C13H14ClNO/c1-8(2)12-9(3)16-15-13(12)10-4-6-11(14)7-5-10/h4-8H,1-3H3. The minimum Gasteiger partial charge on any atom is -0.361 e. The summed E-state index contributed by atoms with van der Waals surface area (Å²) in [5, 5.41) is 4.85. The zero-order valence-electron chi connectivity index (χ0n) is 9.62. The minimum atomic E-state index is 0.400. The van der Waals surface area contributed by atoms with E-state index in [4.69, 9.17) is 16.1 Å². The molecule has 0 aliphatic heterocycles. The first-order chi connectivity index (χ1) is 7.59. The molecule has 2 rings (SSSR count). The van der Waals surface area contributed by atoms with Gasteiger partial charge in [0.15, 0.2) is 0 Å². The summed E-state index contributed by atoms with van der Waals surface area (Å²) in [6.07, 6.45) is 0. The van der Waals surface area contributed by atoms with Crippen LogP contribution in [0.25, 0.3) is 11.3 Å². The predicted molar refractivity (Wildman–Crippen MR) is 65.8 cm³/mol. The van der Waals surface area contributed by atoms with Crippen molar-refractivity contribution >= 4 is 11.6 Å².